The molecule has 4 aliphatic rings. The van der Waals surface area contributed by atoms with Crippen molar-refractivity contribution in [3.8, 4) is 0 Å². The number of piperazine rings is 1. The summed E-state index contributed by atoms with van der Waals surface area (Å²) >= 11 is 0. The van der Waals surface area contributed by atoms with Crippen LogP contribution in [0.5, 0.6) is 0 Å². The minimum Gasteiger partial charge on any atom is -0.390 e. The maximum Gasteiger partial charge on any atom is 0.252 e. The molecule has 1 aromatic heterocycles. The average molecular weight is 413 g/mol. The van der Waals surface area contributed by atoms with Crippen LogP contribution in [0.2, 0.25) is 0 Å². The molecule has 1 N–H and O–H groups in total. The van der Waals surface area contributed by atoms with Gasteiger partial charge >= 0.3 is 0 Å². The van der Waals surface area contributed by atoms with Crippen molar-refractivity contribution in [1.29, 1.82) is 0 Å². The number of hydrogen-bond acceptors (Lipinski definition) is 4. The monoisotopic (exact) mass is 413 g/mol. The Hall–Kier alpha value is -2.87. The van der Waals surface area contributed by atoms with E-state index in [1.165, 1.54) is 29.3 Å². The molecule has 3 saturated carbocycles. The molecule has 2 amide bonds. The van der Waals surface area contributed by atoms with Crippen molar-refractivity contribution < 1.29 is 23.5 Å². The molecular weight excluding hydrogens is 392 g/mol. The first-order valence-electron chi connectivity index (χ1n) is 9.90. The van der Waals surface area contributed by atoms with E-state index in [1.54, 1.807) is 19.1 Å². The first kappa shape index (κ1) is 19.1. The van der Waals surface area contributed by atoms with Gasteiger partial charge in [0.15, 0.2) is 11.6 Å². The van der Waals surface area contributed by atoms with Crippen LogP contribution in [0.4, 0.5) is 14.6 Å². The van der Waals surface area contributed by atoms with E-state index in [0.717, 1.165) is 4.90 Å². The van der Waals surface area contributed by atoms with Gasteiger partial charge in [-0.2, -0.15) is 0 Å². The van der Waals surface area contributed by atoms with Crippen LogP contribution >= 0.6 is 0 Å². The van der Waals surface area contributed by atoms with Gasteiger partial charge in [0.05, 0.1) is 5.60 Å². The summed E-state index contributed by atoms with van der Waals surface area (Å²) in [5.74, 6) is -1.92. The Labute approximate surface area is 172 Å². The molecule has 8 heteroatoms. The van der Waals surface area contributed by atoms with Gasteiger partial charge in [0.1, 0.15) is 18.4 Å². The summed E-state index contributed by atoms with van der Waals surface area (Å²) in [4.78, 5) is 33.3. The van der Waals surface area contributed by atoms with E-state index >= 15 is 0 Å². The van der Waals surface area contributed by atoms with Crippen LogP contribution in [0.15, 0.2) is 36.5 Å². The van der Waals surface area contributed by atoms with E-state index in [0.29, 0.717) is 30.4 Å². The topological polar surface area (TPSA) is 73.7 Å². The van der Waals surface area contributed by atoms with Crippen molar-refractivity contribution in [1.82, 2.24) is 9.88 Å². The molecular formula is C22H21F2N3O3. The quantitative estimate of drug-likeness (QED) is 0.835. The van der Waals surface area contributed by atoms with E-state index in [2.05, 4.69) is 4.98 Å². The third-order valence-electron chi connectivity index (χ3n) is 6.53. The fraction of sp³-hybridized carbons (Fsp3) is 0.409. The Balaban J connectivity index is 1.50. The number of hydrogen-bond donors (Lipinski definition) is 1. The van der Waals surface area contributed by atoms with Gasteiger partial charge in [0.2, 0.25) is 5.91 Å². The highest BCUT2D eigenvalue weighted by atomic mass is 19.1. The second-order valence-electron chi connectivity index (χ2n) is 8.91. The van der Waals surface area contributed by atoms with Crippen molar-refractivity contribution >= 4 is 17.6 Å². The molecule has 1 saturated heterocycles. The fourth-order valence-corrected chi connectivity index (χ4v) is 5.29. The summed E-state index contributed by atoms with van der Waals surface area (Å²) in [6.07, 6.45) is 2.75. The number of amides is 2. The van der Waals surface area contributed by atoms with Crippen LogP contribution in [0.25, 0.3) is 0 Å². The lowest BCUT2D eigenvalue weighted by Gasteiger charge is -2.71. The fourth-order valence-electron chi connectivity index (χ4n) is 5.29. The van der Waals surface area contributed by atoms with Gasteiger partial charge in [-0.25, -0.2) is 13.8 Å². The lowest BCUT2D eigenvalue weighted by atomic mass is 9.38. The van der Waals surface area contributed by atoms with Gasteiger partial charge in [0, 0.05) is 18.2 Å². The summed E-state index contributed by atoms with van der Waals surface area (Å²) < 4.78 is 27.8. The van der Waals surface area contributed by atoms with Crippen LogP contribution in [0.3, 0.4) is 0 Å². The third kappa shape index (κ3) is 2.81. The molecule has 2 heterocycles. The van der Waals surface area contributed by atoms with Gasteiger partial charge in [-0.05, 0) is 55.5 Å². The summed E-state index contributed by atoms with van der Waals surface area (Å²) in [6.45, 7) is 1.52. The number of pyridine rings is 1. The lowest BCUT2D eigenvalue weighted by molar-refractivity contribution is -0.280. The summed E-state index contributed by atoms with van der Waals surface area (Å²) in [5, 5.41) is 10.2. The molecule has 4 fully saturated rings. The first-order chi connectivity index (χ1) is 14.2. The number of benzene rings is 1. The molecule has 0 spiro atoms. The zero-order chi connectivity index (χ0) is 21.3. The van der Waals surface area contributed by atoms with Gasteiger partial charge < -0.3 is 10.0 Å². The number of carbonyl (C=O) groups excluding carboxylic acids is 2. The predicted octanol–water partition coefficient (Wildman–Crippen LogP) is 2.33. The smallest absolute Gasteiger partial charge is 0.252 e. The summed E-state index contributed by atoms with van der Waals surface area (Å²) in [7, 11) is 0. The minimum atomic E-state index is -0.819. The molecule has 1 atom stereocenters. The van der Waals surface area contributed by atoms with E-state index in [4.69, 9.17) is 0 Å². The highest BCUT2D eigenvalue weighted by Crippen LogP contribution is 2.70. The van der Waals surface area contributed by atoms with Crippen LogP contribution in [-0.4, -0.2) is 45.0 Å². The Bertz CT molecular complexity index is 1040. The Morgan fingerprint density at radius 2 is 1.83 bits per heavy atom. The molecule has 156 valence electrons. The van der Waals surface area contributed by atoms with Crippen molar-refractivity contribution in [3.05, 3.63) is 59.3 Å². The Kier molecular flexibility index (Phi) is 4.02. The number of carbonyl (C=O) groups is 2. The second-order valence-corrected chi connectivity index (χ2v) is 8.91. The number of halogens is 2. The number of rotatable bonds is 4. The number of nitrogens with zero attached hydrogens (tertiary/aromatic N) is 3. The van der Waals surface area contributed by atoms with Crippen molar-refractivity contribution in [3.63, 3.8) is 0 Å². The Morgan fingerprint density at radius 3 is 2.43 bits per heavy atom. The van der Waals surface area contributed by atoms with Crippen LogP contribution < -0.4 is 4.90 Å². The van der Waals surface area contributed by atoms with E-state index < -0.39 is 28.8 Å². The van der Waals surface area contributed by atoms with Crippen LogP contribution in [0, 0.1) is 24.0 Å². The highest BCUT2D eigenvalue weighted by molar-refractivity contribution is 6.06. The third-order valence-corrected chi connectivity index (χ3v) is 6.53. The van der Waals surface area contributed by atoms with Crippen molar-refractivity contribution in [2.24, 2.45) is 5.41 Å². The highest BCUT2D eigenvalue weighted by Gasteiger charge is 2.73. The SMILES string of the molecule is Cc1cnc(N2CC(=O)N(Cc3ccc(F)cc3)C(C34CC(O)(C3)C4)C2=O)c(F)c1. The number of aliphatic hydroxyl groups is 1. The van der Waals surface area contributed by atoms with Crippen LogP contribution in [-0.2, 0) is 16.1 Å². The zero-order valence-corrected chi connectivity index (χ0v) is 16.4. The molecule has 3 aliphatic carbocycles. The molecule has 1 aliphatic heterocycles. The number of aromatic nitrogens is 1. The first-order valence-corrected chi connectivity index (χ1v) is 9.90. The standard InChI is InChI=1S/C22H21F2N3O3/c1-13-6-16(24)19(25-7-13)27-9-17(28)26(8-14-2-4-15(23)5-3-14)18(20(27)29)21-10-22(30,11-21)12-21/h2-7,18,30H,8-12H2,1H3. The molecule has 2 aromatic rings. The molecule has 0 radical (unpaired) electrons. The van der Waals surface area contributed by atoms with Crippen molar-refractivity contribution in [2.75, 3.05) is 11.4 Å². The van der Waals surface area contributed by atoms with E-state index in [-0.39, 0.29) is 30.6 Å². The molecule has 6 rings (SSSR count). The maximum absolute atomic E-state index is 14.6. The van der Waals surface area contributed by atoms with Crippen LogP contribution in [0.1, 0.15) is 30.4 Å². The molecule has 6 nitrogen and oxygen atoms in total. The summed E-state index contributed by atoms with van der Waals surface area (Å²) in [5.41, 5.74) is 0.0334. The van der Waals surface area contributed by atoms with Gasteiger partial charge in [0.25, 0.3) is 5.91 Å². The molecule has 30 heavy (non-hydrogen) atoms. The maximum atomic E-state index is 14.6. The lowest BCUT2D eigenvalue weighted by Crippen LogP contribution is -2.78. The largest absolute Gasteiger partial charge is 0.390 e. The molecule has 1 aromatic carbocycles. The molecule has 1 unspecified atom stereocenters. The van der Waals surface area contributed by atoms with Gasteiger partial charge in [-0.3, -0.25) is 14.5 Å². The average Bonchev–Trinajstić information content (AvgIpc) is 2.64. The van der Waals surface area contributed by atoms with Crippen molar-refractivity contribution in [2.45, 2.75) is 44.4 Å². The second kappa shape index (κ2) is 6.31. The van der Waals surface area contributed by atoms with Gasteiger partial charge in [-0.1, -0.05) is 12.1 Å². The molecule has 2 bridgehead atoms. The normalized spacial score (nSPS) is 30.2. The number of anilines is 1. The Morgan fingerprint density at radius 1 is 1.17 bits per heavy atom. The summed E-state index contributed by atoms with van der Waals surface area (Å²) in [6, 6.07) is 6.23. The minimum absolute atomic E-state index is 0.146. The van der Waals surface area contributed by atoms with E-state index in [1.807, 2.05) is 0 Å². The van der Waals surface area contributed by atoms with E-state index in [9.17, 15) is 23.5 Å². The predicted molar refractivity (Wildman–Crippen MR) is 103 cm³/mol. The van der Waals surface area contributed by atoms with Gasteiger partial charge in [-0.15, -0.1) is 0 Å². The number of aryl methyl sites for hydroxylation is 1. The zero-order valence-electron chi connectivity index (χ0n) is 16.4.